The molecule has 24 heavy (non-hydrogen) atoms. The van der Waals surface area contributed by atoms with E-state index in [0.29, 0.717) is 6.42 Å². The van der Waals surface area contributed by atoms with Crippen LogP contribution in [0.1, 0.15) is 44.1 Å². The van der Waals surface area contributed by atoms with Gasteiger partial charge in [-0.1, -0.05) is 31.7 Å². The van der Waals surface area contributed by atoms with Crippen molar-refractivity contribution in [1.82, 2.24) is 4.98 Å². The van der Waals surface area contributed by atoms with Crippen LogP contribution in [0.3, 0.4) is 0 Å². The minimum atomic E-state index is 0.137. The number of benzene rings is 1. The topological polar surface area (TPSA) is 42.0 Å². The normalized spacial score (nSPS) is 14.7. The molecule has 1 fully saturated rings. The standard InChI is InChI=1S/C20H24N2OS/c23-20(12-7-16-4-1-2-5-16)22-18-8-10-19(11-9-18)24-15-17-6-3-13-21-14-17/h3,6,8-11,13-14,16H,1-2,4-5,7,12,15H2,(H,22,23). The van der Waals surface area contributed by atoms with Gasteiger partial charge in [0.1, 0.15) is 0 Å². The number of nitrogens with zero attached hydrogens (tertiary/aromatic N) is 1. The summed E-state index contributed by atoms with van der Waals surface area (Å²) in [6.45, 7) is 0. The van der Waals surface area contributed by atoms with Gasteiger partial charge >= 0.3 is 0 Å². The summed E-state index contributed by atoms with van der Waals surface area (Å²) in [5, 5.41) is 3.01. The molecule has 0 saturated heterocycles. The molecule has 126 valence electrons. The van der Waals surface area contributed by atoms with Crippen molar-refractivity contribution in [3.05, 3.63) is 54.4 Å². The minimum absolute atomic E-state index is 0.137. The number of hydrogen-bond acceptors (Lipinski definition) is 3. The van der Waals surface area contributed by atoms with Crippen LogP contribution in [0.5, 0.6) is 0 Å². The van der Waals surface area contributed by atoms with Crippen molar-refractivity contribution >= 4 is 23.4 Å². The molecule has 0 spiro atoms. The number of thioether (sulfide) groups is 1. The molecule has 1 aromatic carbocycles. The van der Waals surface area contributed by atoms with Crippen LogP contribution in [-0.2, 0) is 10.5 Å². The molecule has 0 bridgehead atoms. The third-order valence-electron chi connectivity index (χ3n) is 4.52. The van der Waals surface area contributed by atoms with Gasteiger partial charge < -0.3 is 5.32 Å². The smallest absolute Gasteiger partial charge is 0.224 e. The average molecular weight is 340 g/mol. The molecule has 1 N–H and O–H groups in total. The number of anilines is 1. The van der Waals surface area contributed by atoms with E-state index in [1.807, 2.05) is 24.4 Å². The number of amides is 1. The molecule has 1 aliphatic rings. The lowest BCUT2D eigenvalue weighted by Crippen LogP contribution is -2.12. The van der Waals surface area contributed by atoms with Crippen LogP contribution in [0, 0.1) is 5.92 Å². The Labute approximate surface area is 148 Å². The molecule has 4 heteroatoms. The van der Waals surface area contributed by atoms with Gasteiger partial charge in [0.05, 0.1) is 0 Å². The Morgan fingerprint density at radius 2 is 1.96 bits per heavy atom. The molecule has 3 nitrogen and oxygen atoms in total. The zero-order chi connectivity index (χ0) is 16.6. The molecule has 1 amide bonds. The molecule has 0 unspecified atom stereocenters. The van der Waals surface area contributed by atoms with Gasteiger partial charge in [-0.2, -0.15) is 0 Å². The third-order valence-corrected chi connectivity index (χ3v) is 5.60. The van der Waals surface area contributed by atoms with Crippen LogP contribution < -0.4 is 5.32 Å². The predicted octanol–water partition coefficient (Wildman–Crippen LogP) is 5.28. The van der Waals surface area contributed by atoms with Gasteiger partial charge in [-0.25, -0.2) is 0 Å². The largest absolute Gasteiger partial charge is 0.326 e. The third kappa shape index (κ3) is 5.38. The van der Waals surface area contributed by atoms with Crippen LogP contribution in [0.4, 0.5) is 5.69 Å². The second kappa shape index (κ2) is 8.88. The van der Waals surface area contributed by atoms with Crippen molar-refractivity contribution in [3.63, 3.8) is 0 Å². The fourth-order valence-electron chi connectivity index (χ4n) is 3.14. The van der Waals surface area contributed by atoms with Crippen LogP contribution in [0.15, 0.2) is 53.7 Å². The lowest BCUT2D eigenvalue weighted by Gasteiger charge is -2.09. The Bertz CT molecular complexity index is 636. The van der Waals surface area contributed by atoms with Crippen molar-refractivity contribution in [2.45, 2.75) is 49.2 Å². The second-order valence-electron chi connectivity index (χ2n) is 6.41. The number of pyridine rings is 1. The van der Waals surface area contributed by atoms with Gasteiger partial charge in [0.15, 0.2) is 0 Å². The molecular weight excluding hydrogens is 316 g/mol. The Balaban J connectivity index is 1.42. The highest BCUT2D eigenvalue weighted by molar-refractivity contribution is 7.98. The van der Waals surface area contributed by atoms with E-state index >= 15 is 0 Å². The molecule has 1 aliphatic carbocycles. The maximum absolute atomic E-state index is 12.0. The summed E-state index contributed by atoms with van der Waals surface area (Å²) < 4.78 is 0. The van der Waals surface area contributed by atoms with Gasteiger partial charge in [0, 0.05) is 35.2 Å². The van der Waals surface area contributed by atoms with Gasteiger partial charge in [-0.3, -0.25) is 9.78 Å². The summed E-state index contributed by atoms with van der Waals surface area (Å²) in [4.78, 5) is 17.4. The molecule has 2 aromatic rings. The molecule has 1 heterocycles. The van der Waals surface area contributed by atoms with E-state index in [4.69, 9.17) is 0 Å². The van der Waals surface area contributed by atoms with Crippen molar-refractivity contribution < 1.29 is 4.79 Å². The molecule has 1 saturated carbocycles. The summed E-state index contributed by atoms with van der Waals surface area (Å²) in [6, 6.07) is 12.1. The van der Waals surface area contributed by atoms with E-state index in [1.54, 1.807) is 18.0 Å². The van der Waals surface area contributed by atoms with Gasteiger partial charge in [-0.05, 0) is 48.2 Å². The van der Waals surface area contributed by atoms with E-state index in [-0.39, 0.29) is 5.91 Å². The molecule has 0 radical (unpaired) electrons. The second-order valence-corrected chi connectivity index (χ2v) is 7.46. The number of carbonyl (C=O) groups excluding carboxylic acids is 1. The quantitative estimate of drug-likeness (QED) is 0.697. The SMILES string of the molecule is O=C(CCC1CCCC1)Nc1ccc(SCc2cccnc2)cc1. The summed E-state index contributed by atoms with van der Waals surface area (Å²) in [5.41, 5.74) is 2.10. The highest BCUT2D eigenvalue weighted by Gasteiger charge is 2.16. The number of aromatic nitrogens is 1. The molecule has 3 rings (SSSR count). The minimum Gasteiger partial charge on any atom is -0.326 e. The molecular formula is C20H24N2OS. The lowest BCUT2D eigenvalue weighted by molar-refractivity contribution is -0.116. The molecule has 0 atom stereocenters. The van der Waals surface area contributed by atoms with Crippen LogP contribution >= 0.6 is 11.8 Å². The number of hydrogen-bond donors (Lipinski definition) is 1. The monoisotopic (exact) mass is 340 g/mol. The summed E-state index contributed by atoms with van der Waals surface area (Å²) >= 11 is 1.78. The van der Waals surface area contributed by atoms with Crippen molar-refractivity contribution in [3.8, 4) is 0 Å². The first kappa shape index (κ1) is 17.0. The Morgan fingerprint density at radius 1 is 1.17 bits per heavy atom. The molecule has 1 aromatic heterocycles. The zero-order valence-corrected chi connectivity index (χ0v) is 14.7. The first-order chi connectivity index (χ1) is 11.8. The Kier molecular flexibility index (Phi) is 6.30. The maximum atomic E-state index is 12.0. The fraction of sp³-hybridized carbons (Fsp3) is 0.400. The van der Waals surface area contributed by atoms with Gasteiger partial charge in [-0.15, -0.1) is 11.8 Å². The Hall–Kier alpha value is -1.81. The van der Waals surface area contributed by atoms with Crippen molar-refractivity contribution in [1.29, 1.82) is 0 Å². The number of nitrogens with one attached hydrogen (secondary N) is 1. The van der Waals surface area contributed by atoms with E-state index in [2.05, 4.69) is 28.5 Å². The summed E-state index contributed by atoms with van der Waals surface area (Å²) in [6.07, 6.45) is 10.6. The van der Waals surface area contributed by atoms with Crippen LogP contribution in [-0.4, -0.2) is 10.9 Å². The summed E-state index contributed by atoms with van der Waals surface area (Å²) in [7, 11) is 0. The highest BCUT2D eigenvalue weighted by atomic mass is 32.2. The summed E-state index contributed by atoms with van der Waals surface area (Å²) in [5.74, 6) is 1.81. The number of carbonyl (C=O) groups is 1. The number of rotatable bonds is 7. The Morgan fingerprint density at radius 3 is 2.67 bits per heavy atom. The van der Waals surface area contributed by atoms with E-state index in [0.717, 1.165) is 23.8 Å². The van der Waals surface area contributed by atoms with Gasteiger partial charge in [0.2, 0.25) is 5.91 Å². The van der Waals surface area contributed by atoms with Crippen molar-refractivity contribution in [2.75, 3.05) is 5.32 Å². The van der Waals surface area contributed by atoms with Gasteiger partial charge in [0.25, 0.3) is 0 Å². The average Bonchev–Trinajstić information content (AvgIpc) is 3.14. The van der Waals surface area contributed by atoms with E-state index < -0.39 is 0 Å². The zero-order valence-electron chi connectivity index (χ0n) is 13.9. The van der Waals surface area contributed by atoms with Crippen LogP contribution in [0.2, 0.25) is 0 Å². The first-order valence-corrected chi connectivity index (χ1v) is 9.70. The van der Waals surface area contributed by atoms with E-state index in [9.17, 15) is 4.79 Å². The first-order valence-electron chi connectivity index (χ1n) is 8.71. The van der Waals surface area contributed by atoms with Crippen LogP contribution in [0.25, 0.3) is 0 Å². The van der Waals surface area contributed by atoms with Crippen molar-refractivity contribution in [2.24, 2.45) is 5.92 Å². The molecule has 0 aliphatic heterocycles. The maximum Gasteiger partial charge on any atom is 0.224 e. The fourth-order valence-corrected chi connectivity index (χ4v) is 3.98. The highest BCUT2D eigenvalue weighted by Crippen LogP contribution is 2.29. The predicted molar refractivity (Wildman–Crippen MR) is 100 cm³/mol. The lowest BCUT2D eigenvalue weighted by atomic mass is 10.0. The van der Waals surface area contributed by atoms with E-state index in [1.165, 1.54) is 36.1 Å².